The molecule has 4 saturated carbocycles. The van der Waals surface area contributed by atoms with Gasteiger partial charge in [-0.05, 0) is 86.5 Å². The number of carbonyl (C=O) groups excluding carboxylic acids is 1. The average Bonchev–Trinajstić information content (AvgIpc) is 3.39. The first-order valence-electron chi connectivity index (χ1n) is 20.3. The third-order valence-corrected chi connectivity index (χ3v) is 15.3. The van der Waals surface area contributed by atoms with Gasteiger partial charge in [0.25, 0.3) is 0 Å². The van der Waals surface area contributed by atoms with Gasteiger partial charge in [0.2, 0.25) is 6.29 Å². The molecule has 0 amide bonds. The predicted octanol–water partition coefficient (Wildman–Crippen LogP) is -2.90. The van der Waals surface area contributed by atoms with Crippen LogP contribution < -0.4 is 0 Å². The lowest BCUT2D eigenvalue weighted by atomic mass is 9.41. The van der Waals surface area contributed by atoms with Crippen LogP contribution in [0.1, 0.15) is 71.6 Å². The van der Waals surface area contributed by atoms with Gasteiger partial charge < -0.3 is 84.6 Å². The Morgan fingerprint density at radius 3 is 1.88 bits per heavy atom. The number of aliphatic hydroxyl groups excluding tert-OH is 11. The lowest BCUT2D eigenvalue weighted by molar-refractivity contribution is -0.344. The van der Waals surface area contributed by atoms with Gasteiger partial charge in [-0.1, -0.05) is 19.9 Å². The molecule has 11 N–H and O–H groups in total. The molecule has 21 atom stereocenters. The summed E-state index contributed by atoms with van der Waals surface area (Å²) in [6.45, 7) is 6.48. The smallest absolute Gasteiger partial charge is 0.314 e. The standard InChI is InChI=1S/C39H62O18/c1-17-11-38-9-5-22-36(2,7-4-8-37(22,3)35(51)57-34-31(50)28(47)25(44)20(14-42)55-34)23(38)6-10-39(17,16-38)52-15-21-32(29(48)26(45)18(12-40)53-21)56-33-30(49)27(46)24(43)19(13-41)54-33/h18-34,40-50H,1,4-16H2,2-3H3/t18?,19?,20?,21-,22?,23-,24+,25+,26+,27+,28+,29+,30?,31?,32?,33-,34-,36+,37+,38+,39-/m0/s1. The van der Waals surface area contributed by atoms with Crippen molar-refractivity contribution >= 4 is 5.97 Å². The second-order valence-corrected chi connectivity index (χ2v) is 18.4. The summed E-state index contributed by atoms with van der Waals surface area (Å²) in [5, 5.41) is 114. The van der Waals surface area contributed by atoms with Crippen molar-refractivity contribution in [2.75, 3.05) is 26.4 Å². The first kappa shape index (κ1) is 43.7. The van der Waals surface area contributed by atoms with Crippen LogP contribution >= 0.6 is 0 Å². The van der Waals surface area contributed by atoms with Crippen LogP contribution in [0.5, 0.6) is 0 Å². The van der Waals surface area contributed by atoms with Crippen molar-refractivity contribution in [3.63, 3.8) is 0 Å². The Labute approximate surface area is 330 Å². The molecule has 3 saturated heterocycles. The van der Waals surface area contributed by atoms with E-state index in [1.807, 2.05) is 6.92 Å². The third-order valence-electron chi connectivity index (χ3n) is 15.3. The van der Waals surface area contributed by atoms with Gasteiger partial charge in [0.1, 0.15) is 79.4 Å². The number of carbonyl (C=O) groups is 1. The fraction of sp³-hybridized carbons (Fsp3) is 0.923. The van der Waals surface area contributed by atoms with Gasteiger partial charge in [0.15, 0.2) is 6.29 Å². The Balaban J connectivity index is 1.06. The average molecular weight is 819 g/mol. The molecule has 7 fully saturated rings. The summed E-state index contributed by atoms with van der Waals surface area (Å²) in [5.74, 6) is -0.471. The molecule has 4 aliphatic carbocycles. The van der Waals surface area contributed by atoms with E-state index < -0.39 is 129 Å². The Bertz CT molecular complexity index is 1470. The Morgan fingerprint density at radius 1 is 0.684 bits per heavy atom. The number of ether oxygens (including phenoxy) is 6. The highest BCUT2D eigenvalue weighted by Crippen LogP contribution is 2.73. The topological polar surface area (TPSA) is 295 Å². The van der Waals surface area contributed by atoms with Gasteiger partial charge in [0.05, 0.1) is 37.4 Å². The maximum Gasteiger partial charge on any atom is 0.314 e. The highest BCUT2D eigenvalue weighted by atomic mass is 16.7. The van der Waals surface area contributed by atoms with Crippen LogP contribution in [-0.2, 0) is 33.2 Å². The first-order valence-corrected chi connectivity index (χ1v) is 20.3. The lowest BCUT2D eigenvalue weighted by Crippen LogP contribution is -2.65. The molecule has 7 aliphatic rings. The highest BCUT2D eigenvalue weighted by molar-refractivity contribution is 5.77. The summed E-state index contributed by atoms with van der Waals surface area (Å²) in [6.07, 6.45) is -16.4. The molecule has 3 heterocycles. The van der Waals surface area contributed by atoms with E-state index in [4.69, 9.17) is 28.4 Å². The normalized spacial score (nSPS) is 53.8. The van der Waals surface area contributed by atoms with E-state index in [1.165, 1.54) is 0 Å². The van der Waals surface area contributed by atoms with E-state index >= 15 is 0 Å². The zero-order valence-corrected chi connectivity index (χ0v) is 32.5. The van der Waals surface area contributed by atoms with Crippen molar-refractivity contribution in [2.45, 2.75) is 169 Å². The van der Waals surface area contributed by atoms with E-state index in [0.29, 0.717) is 32.1 Å². The summed E-state index contributed by atoms with van der Waals surface area (Å²) in [4.78, 5) is 14.1. The van der Waals surface area contributed by atoms with Crippen LogP contribution in [0.3, 0.4) is 0 Å². The van der Waals surface area contributed by atoms with Crippen molar-refractivity contribution in [1.82, 2.24) is 0 Å². The van der Waals surface area contributed by atoms with Crippen LogP contribution in [0.25, 0.3) is 0 Å². The highest BCUT2D eigenvalue weighted by Gasteiger charge is 2.69. The lowest BCUT2D eigenvalue weighted by Gasteiger charge is -2.64. The molecule has 0 radical (unpaired) electrons. The van der Waals surface area contributed by atoms with E-state index in [0.717, 1.165) is 31.3 Å². The molecule has 3 aliphatic heterocycles. The quantitative estimate of drug-likeness (QED) is 0.0779. The van der Waals surface area contributed by atoms with Crippen LogP contribution in [0, 0.1) is 28.1 Å². The fourth-order valence-corrected chi connectivity index (χ4v) is 12.2. The van der Waals surface area contributed by atoms with Gasteiger partial charge in [-0.15, -0.1) is 0 Å². The number of hydrogen-bond acceptors (Lipinski definition) is 18. The van der Waals surface area contributed by atoms with Gasteiger partial charge in [-0.3, -0.25) is 4.79 Å². The van der Waals surface area contributed by atoms with E-state index in [1.54, 1.807) is 0 Å². The monoisotopic (exact) mass is 818 g/mol. The summed E-state index contributed by atoms with van der Waals surface area (Å²) >= 11 is 0. The van der Waals surface area contributed by atoms with Crippen molar-refractivity contribution in [1.29, 1.82) is 0 Å². The second-order valence-electron chi connectivity index (χ2n) is 18.4. The minimum absolute atomic E-state index is 0.0895. The maximum atomic E-state index is 14.1. The molecule has 18 nitrogen and oxygen atoms in total. The van der Waals surface area contributed by atoms with Crippen molar-refractivity contribution in [3.8, 4) is 0 Å². The number of hydrogen-bond donors (Lipinski definition) is 11. The molecular weight excluding hydrogens is 756 g/mol. The van der Waals surface area contributed by atoms with E-state index in [2.05, 4.69) is 13.5 Å². The zero-order valence-electron chi connectivity index (χ0n) is 32.5. The van der Waals surface area contributed by atoms with Crippen LogP contribution in [0.15, 0.2) is 12.2 Å². The summed E-state index contributed by atoms with van der Waals surface area (Å²) in [7, 11) is 0. The minimum atomic E-state index is -1.78. The fourth-order valence-electron chi connectivity index (χ4n) is 12.2. The largest absolute Gasteiger partial charge is 0.432 e. The molecule has 7 unspecified atom stereocenters. The molecule has 2 bridgehead atoms. The number of fused-ring (bicyclic) bond motifs is 3. The summed E-state index contributed by atoms with van der Waals surface area (Å²) in [5.41, 5.74) is -1.33. The first-order chi connectivity index (χ1) is 26.9. The van der Waals surface area contributed by atoms with Gasteiger partial charge >= 0.3 is 5.97 Å². The second kappa shape index (κ2) is 16.1. The molecular formula is C39H62O18. The molecule has 326 valence electrons. The molecule has 0 aromatic heterocycles. The van der Waals surface area contributed by atoms with Crippen LogP contribution in [-0.4, -0.2) is 186 Å². The number of rotatable bonds is 10. The molecule has 0 aromatic rings. The van der Waals surface area contributed by atoms with Gasteiger partial charge in [-0.25, -0.2) is 0 Å². The van der Waals surface area contributed by atoms with Crippen LogP contribution in [0.2, 0.25) is 0 Å². The SMILES string of the molecule is C=C1C[C@@]23CCC4[C@](C)(C(=O)O[C@@H]5OC(CO)[C@@H](O)[C@@H](O)C5O)CCC[C@@]4(C)[C@@H]2CC[C@]1(OC[C@@H]1OC(CO)[C@@H](O)[C@@H](O)C1O[C@@H]1OC(CO)[C@@H](O)[C@@H](O)C1O)C3. The molecule has 57 heavy (non-hydrogen) atoms. The van der Waals surface area contributed by atoms with Crippen LogP contribution in [0.4, 0.5) is 0 Å². The van der Waals surface area contributed by atoms with Gasteiger partial charge in [-0.2, -0.15) is 0 Å². The molecule has 18 heteroatoms. The van der Waals surface area contributed by atoms with E-state index in [9.17, 15) is 61.0 Å². The maximum absolute atomic E-state index is 14.1. The number of esters is 1. The van der Waals surface area contributed by atoms with E-state index in [-0.39, 0.29) is 29.3 Å². The summed E-state index contributed by atoms with van der Waals surface area (Å²) < 4.78 is 35.5. The Kier molecular flexibility index (Phi) is 12.3. The Morgan fingerprint density at radius 2 is 1.25 bits per heavy atom. The summed E-state index contributed by atoms with van der Waals surface area (Å²) in [6, 6.07) is 0. The van der Waals surface area contributed by atoms with Crippen molar-refractivity contribution in [3.05, 3.63) is 12.2 Å². The molecule has 0 aromatic carbocycles. The zero-order chi connectivity index (χ0) is 41.4. The predicted molar refractivity (Wildman–Crippen MR) is 191 cm³/mol. The number of aliphatic hydroxyl groups is 11. The van der Waals surface area contributed by atoms with Crippen molar-refractivity contribution in [2.24, 2.45) is 28.1 Å². The third kappa shape index (κ3) is 7.12. The molecule has 1 spiro atoms. The van der Waals surface area contributed by atoms with Crippen molar-refractivity contribution < 1.29 is 89.4 Å². The minimum Gasteiger partial charge on any atom is -0.432 e. The molecule has 7 rings (SSSR count). The Hall–Kier alpha value is -1.43. The van der Waals surface area contributed by atoms with Gasteiger partial charge in [0, 0.05) is 0 Å².